The van der Waals surface area contributed by atoms with Gasteiger partial charge in [0, 0.05) is 19.5 Å². The molecule has 1 aliphatic rings. The second-order valence-electron chi connectivity index (χ2n) is 5.97. The van der Waals surface area contributed by atoms with E-state index in [1.54, 1.807) is 0 Å². The zero-order chi connectivity index (χ0) is 14.8. The van der Waals surface area contributed by atoms with Crippen LogP contribution in [0, 0.1) is 11.8 Å². The first kappa shape index (κ1) is 16.8. The molecule has 0 aromatic carbocycles. The first-order valence-corrected chi connectivity index (χ1v) is 7.81. The van der Waals surface area contributed by atoms with Gasteiger partial charge in [0.15, 0.2) is 0 Å². The van der Waals surface area contributed by atoms with Crippen LogP contribution in [0.3, 0.4) is 0 Å². The van der Waals surface area contributed by atoms with Crippen LogP contribution in [-0.2, 0) is 4.79 Å². The Morgan fingerprint density at radius 3 is 2.50 bits per heavy atom. The number of carbonyl (C=O) groups is 2. The SMILES string of the molecule is CC(CCNC(=O)NCC1CCCCC1)CCC(=O)O. The first-order chi connectivity index (χ1) is 9.58. The van der Waals surface area contributed by atoms with E-state index >= 15 is 0 Å². The molecule has 20 heavy (non-hydrogen) atoms. The maximum Gasteiger partial charge on any atom is 0.314 e. The van der Waals surface area contributed by atoms with Crippen LogP contribution in [0.15, 0.2) is 0 Å². The molecule has 1 rings (SSSR count). The van der Waals surface area contributed by atoms with E-state index in [4.69, 9.17) is 5.11 Å². The number of amides is 2. The number of hydrogen-bond acceptors (Lipinski definition) is 2. The van der Waals surface area contributed by atoms with Crippen LogP contribution in [0.4, 0.5) is 4.79 Å². The lowest BCUT2D eigenvalue weighted by molar-refractivity contribution is -0.137. The van der Waals surface area contributed by atoms with Gasteiger partial charge in [0.25, 0.3) is 0 Å². The lowest BCUT2D eigenvalue weighted by Crippen LogP contribution is -2.39. The molecule has 2 amide bonds. The molecule has 1 atom stereocenters. The highest BCUT2D eigenvalue weighted by Gasteiger charge is 2.14. The van der Waals surface area contributed by atoms with E-state index in [0.29, 0.717) is 24.8 Å². The fraction of sp³-hybridized carbons (Fsp3) is 0.867. The molecule has 5 nitrogen and oxygen atoms in total. The van der Waals surface area contributed by atoms with Gasteiger partial charge in [-0.2, -0.15) is 0 Å². The lowest BCUT2D eigenvalue weighted by Gasteiger charge is -2.21. The number of urea groups is 1. The monoisotopic (exact) mass is 284 g/mol. The Balaban J connectivity index is 2.00. The van der Waals surface area contributed by atoms with Crippen LogP contribution in [-0.4, -0.2) is 30.2 Å². The largest absolute Gasteiger partial charge is 0.481 e. The van der Waals surface area contributed by atoms with Gasteiger partial charge in [-0.1, -0.05) is 26.2 Å². The lowest BCUT2D eigenvalue weighted by atomic mass is 9.89. The summed E-state index contributed by atoms with van der Waals surface area (Å²) in [5.74, 6) is 0.212. The Kier molecular flexibility index (Phi) is 8.07. The Hall–Kier alpha value is -1.26. The second-order valence-corrected chi connectivity index (χ2v) is 5.97. The summed E-state index contributed by atoms with van der Waals surface area (Å²) < 4.78 is 0. The topological polar surface area (TPSA) is 78.4 Å². The molecule has 0 spiro atoms. The van der Waals surface area contributed by atoms with Gasteiger partial charge in [0.2, 0.25) is 0 Å². The molecular weight excluding hydrogens is 256 g/mol. The summed E-state index contributed by atoms with van der Waals surface area (Å²) in [7, 11) is 0. The number of aliphatic carboxylic acids is 1. The average molecular weight is 284 g/mol. The molecule has 1 saturated carbocycles. The fourth-order valence-corrected chi connectivity index (χ4v) is 2.64. The van der Waals surface area contributed by atoms with Gasteiger partial charge in [-0.25, -0.2) is 4.79 Å². The van der Waals surface area contributed by atoms with E-state index in [1.165, 1.54) is 32.1 Å². The van der Waals surface area contributed by atoms with Gasteiger partial charge < -0.3 is 15.7 Å². The summed E-state index contributed by atoms with van der Waals surface area (Å²) in [6.07, 6.45) is 8.06. The minimum atomic E-state index is -0.755. The summed E-state index contributed by atoms with van der Waals surface area (Å²) >= 11 is 0. The quantitative estimate of drug-likeness (QED) is 0.641. The van der Waals surface area contributed by atoms with E-state index in [9.17, 15) is 9.59 Å². The van der Waals surface area contributed by atoms with Crippen molar-refractivity contribution in [3.05, 3.63) is 0 Å². The van der Waals surface area contributed by atoms with Crippen molar-refractivity contribution < 1.29 is 14.7 Å². The van der Waals surface area contributed by atoms with Gasteiger partial charge in [-0.3, -0.25) is 4.79 Å². The van der Waals surface area contributed by atoms with Crippen molar-refractivity contribution in [2.45, 2.75) is 58.3 Å². The Morgan fingerprint density at radius 1 is 1.15 bits per heavy atom. The molecule has 1 aliphatic carbocycles. The number of rotatable bonds is 8. The minimum absolute atomic E-state index is 0.0963. The third-order valence-corrected chi connectivity index (χ3v) is 4.05. The molecule has 0 aromatic rings. The zero-order valence-corrected chi connectivity index (χ0v) is 12.5. The van der Waals surface area contributed by atoms with E-state index in [2.05, 4.69) is 10.6 Å². The summed E-state index contributed by atoms with van der Waals surface area (Å²) in [5.41, 5.74) is 0. The van der Waals surface area contributed by atoms with Crippen molar-refractivity contribution >= 4 is 12.0 Å². The minimum Gasteiger partial charge on any atom is -0.481 e. The maximum atomic E-state index is 11.6. The van der Waals surface area contributed by atoms with Crippen LogP contribution in [0.5, 0.6) is 0 Å². The van der Waals surface area contributed by atoms with Crippen LogP contribution in [0.1, 0.15) is 58.3 Å². The van der Waals surface area contributed by atoms with Gasteiger partial charge in [-0.05, 0) is 37.5 Å². The molecule has 0 bridgehead atoms. The summed E-state index contributed by atoms with van der Waals surface area (Å²) in [6, 6.07) is -0.0963. The Labute approximate surface area is 121 Å². The highest BCUT2D eigenvalue weighted by molar-refractivity contribution is 5.73. The van der Waals surface area contributed by atoms with Gasteiger partial charge >= 0.3 is 12.0 Å². The Morgan fingerprint density at radius 2 is 1.85 bits per heavy atom. The van der Waals surface area contributed by atoms with E-state index in [0.717, 1.165) is 13.0 Å². The first-order valence-electron chi connectivity index (χ1n) is 7.81. The van der Waals surface area contributed by atoms with E-state index in [1.807, 2.05) is 6.92 Å². The molecule has 0 radical (unpaired) electrons. The van der Waals surface area contributed by atoms with E-state index < -0.39 is 5.97 Å². The predicted molar refractivity (Wildman–Crippen MR) is 78.6 cm³/mol. The van der Waals surface area contributed by atoms with Crippen molar-refractivity contribution in [2.24, 2.45) is 11.8 Å². The highest BCUT2D eigenvalue weighted by atomic mass is 16.4. The van der Waals surface area contributed by atoms with Crippen molar-refractivity contribution in [3.63, 3.8) is 0 Å². The molecule has 0 aromatic heterocycles. The standard InChI is InChI=1S/C15H28N2O3/c1-12(7-8-14(18)19)9-10-16-15(20)17-11-13-5-3-2-4-6-13/h12-13H,2-11H2,1H3,(H,18,19)(H2,16,17,20). The van der Waals surface area contributed by atoms with Gasteiger partial charge in [-0.15, -0.1) is 0 Å². The zero-order valence-electron chi connectivity index (χ0n) is 12.5. The molecule has 116 valence electrons. The van der Waals surface area contributed by atoms with Crippen LogP contribution in [0.25, 0.3) is 0 Å². The molecule has 0 heterocycles. The molecule has 1 unspecified atom stereocenters. The van der Waals surface area contributed by atoms with Gasteiger partial charge in [0.1, 0.15) is 0 Å². The van der Waals surface area contributed by atoms with Crippen molar-refractivity contribution in [1.82, 2.24) is 10.6 Å². The van der Waals surface area contributed by atoms with Gasteiger partial charge in [0.05, 0.1) is 0 Å². The molecule has 0 aliphatic heterocycles. The third-order valence-electron chi connectivity index (χ3n) is 4.05. The number of carboxylic acid groups (broad SMARTS) is 1. The number of carboxylic acids is 1. The average Bonchev–Trinajstić information content (AvgIpc) is 2.44. The van der Waals surface area contributed by atoms with Crippen molar-refractivity contribution in [2.75, 3.05) is 13.1 Å². The smallest absolute Gasteiger partial charge is 0.314 e. The second kappa shape index (κ2) is 9.61. The van der Waals surface area contributed by atoms with Crippen molar-refractivity contribution in [1.29, 1.82) is 0 Å². The predicted octanol–water partition coefficient (Wildman–Crippen LogP) is 2.76. The third kappa shape index (κ3) is 8.02. The molecule has 1 fully saturated rings. The van der Waals surface area contributed by atoms with Crippen LogP contribution < -0.4 is 10.6 Å². The maximum absolute atomic E-state index is 11.6. The highest BCUT2D eigenvalue weighted by Crippen LogP contribution is 2.22. The van der Waals surface area contributed by atoms with E-state index in [-0.39, 0.29) is 12.5 Å². The molecule has 0 saturated heterocycles. The van der Waals surface area contributed by atoms with Crippen LogP contribution >= 0.6 is 0 Å². The molecule has 5 heteroatoms. The summed E-state index contributed by atoms with van der Waals surface area (Å²) in [6.45, 7) is 3.40. The van der Waals surface area contributed by atoms with Crippen LogP contribution in [0.2, 0.25) is 0 Å². The summed E-state index contributed by atoms with van der Waals surface area (Å²) in [5, 5.41) is 14.4. The molecular formula is C15H28N2O3. The fourth-order valence-electron chi connectivity index (χ4n) is 2.64. The Bertz CT molecular complexity index is 301. The number of hydrogen-bond donors (Lipinski definition) is 3. The van der Waals surface area contributed by atoms with Crippen molar-refractivity contribution in [3.8, 4) is 0 Å². The number of carbonyl (C=O) groups excluding carboxylic acids is 1. The molecule has 3 N–H and O–H groups in total. The summed E-state index contributed by atoms with van der Waals surface area (Å²) in [4.78, 5) is 22.1. The number of nitrogens with one attached hydrogen (secondary N) is 2. The normalized spacial score (nSPS) is 17.4.